The molecule has 0 saturated carbocycles. The number of unbranched alkanes of at least 4 members (excludes halogenated alkanes) is 1. The highest BCUT2D eigenvalue weighted by Crippen LogP contribution is 2.27. The Hall–Kier alpha value is -1.60. The van der Waals surface area contributed by atoms with Gasteiger partial charge in [0.15, 0.2) is 0 Å². The third kappa shape index (κ3) is 6.48. The summed E-state index contributed by atoms with van der Waals surface area (Å²) in [5.41, 5.74) is 0.978. The van der Waals surface area contributed by atoms with Crippen LogP contribution in [-0.2, 0) is 21.2 Å². The van der Waals surface area contributed by atoms with E-state index >= 15 is 0 Å². The molecule has 0 spiro atoms. The van der Waals surface area contributed by atoms with Crippen molar-refractivity contribution in [2.45, 2.75) is 31.1 Å². The monoisotopic (exact) mass is 442 g/mol. The number of rotatable bonds is 10. The molecule has 0 atom stereocenters. The van der Waals surface area contributed by atoms with E-state index in [4.69, 9.17) is 23.2 Å². The maximum atomic E-state index is 13.2. The van der Waals surface area contributed by atoms with E-state index < -0.39 is 10.0 Å². The fourth-order valence-corrected chi connectivity index (χ4v) is 4.75. The summed E-state index contributed by atoms with van der Waals surface area (Å²) in [6.07, 6.45) is 2.25. The predicted octanol–water partition coefficient (Wildman–Crippen LogP) is 4.14. The van der Waals surface area contributed by atoms with Crippen molar-refractivity contribution in [3.8, 4) is 0 Å². The molecule has 0 aliphatic heterocycles. The van der Waals surface area contributed by atoms with Gasteiger partial charge in [-0.05, 0) is 36.6 Å². The van der Waals surface area contributed by atoms with Gasteiger partial charge in [-0.15, -0.1) is 0 Å². The Balaban J connectivity index is 2.25. The molecule has 8 heteroatoms. The number of sulfonamides is 1. The molecule has 0 saturated heterocycles. The van der Waals surface area contributed by atoms with Crippen molar-refractivity contribution in [2.24, 2.45) is 0 Å². The lowest BCUT2D eigenvalue weighted by molar-refractivity contribution is -0.121. The lowest BCUT2D eigenvalue weighted by atomic mass is 10.1. The number of nitrogens with zero attached hydrogens (tertiary/aromatic N) is 1. The maximum absolute atomic E-state index is 13.2. The van der Waals surface area contributed by atoms with Crippen LogP contribution in [0, 0.1) is 0 Å². The largest absolute Gasteiger partial charge is 0.355 e. The van der Waals surface area contributed by atoms with Crippen LogP contribution in [0.3, 0.4) is 0 Å². The van der Waals surface area contributed by atoms with Gasteiger partial charge in [0.25, 0.3) is 0 Å². The molecule has 0 unspecified atom stereocenters. The molecule has 1 amide bonds. The van der Waals surface area contributed by atoms with Crippen LogP contribution in [0.1, 0.15) is 25.3 Å². The first-order chi connectivity index (χ1) is 13.3. The minimum Gasteiger partial charge on any atom is -0.355 e. The summed E-state index contributed by atoms with van der Waals surface area (Å²) in [7, 11) is -3.99. The van der Waals surface area contributed by atoms with Crippen molar-refractivity contribution >= 4 is 39.1 Å². The zero-order valence-corrected chi connectivity index (χ0v) is 18.0. The normalized spacial score (nSPS) is 11.6. The zero-order valence-electron chi connectivity index (χ0n) is 15.7. The van der Waals surface area contributed by atoms with Gasteiger partial charge in [0.05, 0.1) is 11.6 Å². The second-order valence-electron chi connectivity index (χ2n) is 6.35. The molecule has 0 fully saturated rings. The van der Waals surface area contributed by atoms with Crippen molar-refractivity contribution in [1.29, 1.82) is 0 Å². The highest BCUT2D eigenvalue weighted by Gasteiger charge is 2.28. The van der Waals surface area contributed by atoms with E-state index in [-0.39, 0.29) is 33.9 Å². The summed E-state index contributed by atoms with van der Waals surface area (Å²) in [5, 5.41) is 3.09. The fraction of sp³-hybridized carbons (Fsp3) is 0.350. The number of nitrogens with one attached hydrogen (secondary N) is 1. The second kappa shape index (κ2) is 10.8. The molecular weight excluding hydrogens is 419 g/mol. The fourth-order valence-electron chi connectivity index (χ4n) is 2.62. The van der Waals surface area contributed by atoms with Gasteiger partial charge in [0, 0.05) is 18.1 Å². The molecule has 0 radical (unpaired) electrons. The van der Waals surface area contributed by atoms with E-state index in [0.717, 1.165) is 22.7 Å². The molecule has 2 aromatic rings. The number of halogens is 2. The minimum atomic E-state index is -3.99. The van der Waals surface area contributed by atoms with Crippen molar-refractivity contribution in [3.05, 3.63) is 64.1 Å². The molecule has 0 aliphatic rings. The van der Waals surface area contributed by atoms with Crippen LogP contribution in [0.2, 0.25) is 10.0 Å². The zero-order chi connectivity index (χ0) is 20.6. The van der Waals surface area contributed by atoms with Gasteiger partial charge in [-0.1, -0.05) is 66.9 Å². The Kier molecular flexibility index (Phi) is 8.76. The van der Waals surface area contributed by atoms with Gasteiger partial charge in [-0.25, -0.2) is 8.42 Å². The van der Waals surface area contributed by atoms with Crippen molar-refractivity contribution in [2.75, 3.05) is 19.6 Å². The van der Waals surface area contributed by atoms with Crippen molar-refractivity contribution in [1.82, 2.24) is 9.62 Å². The molecule has 5 nitrogen and oxygen atoms in total. The Morgan fingerprint density at radius 1 is 1.11 bits per heavy atom. The standard InChI is InChI=1S/C20H24Cl2N2O3S/c1-2-3-12-23-20(25)15-24(13-11-16-7-5-4-6-8-16)28(26,27)19-14-17(21)9-10-18(19)22/h4-10,14H,2-3,11-13,15H2,1H3,(H,23,25). The van der Waals surface area contributed by atoms with Crippen LogP contribution in [0.5, 0.6) is 0 Å². The van der Waals surface area contributed by atoms with Gasteiger partial charge in [0.1, 0.15) is 4.90 Å². The molecule has 1 N–H and O–H groups in total. The van der Waals surface area contributed by atoms with Crippen LogP contribution >= 0.6 is 23.2 Å². The average Bonchev–Trinajstić information content (AvgIpc) is 2.67. The highest BCUT2D eigenvalue weighted by atomic mass is 35.5. The van der Waals surface area contributed by atoms with Gasteiger partial charge in [-0.3, -0.25) is 4.79 Å². The van der Waals surface area contributed by atoms with Gasteiger partial charge in [-0.2, -0.15) is 4.31 Å². The third-order valence-electron chi connectivity index (χ3n) is 4.18. The Labute approximate surface area is 176 Å². The predicted molar refractivity (Wildman–Crippen MR) is 113 cm³/mol. The van der Waals surface area contributed by atoms with E-state index in [9.17, 15) is 13.2 Å². The van der Waals surface area contributed by atoms with Gasteiger partial charge >= 0.3 is 0 Å². The Bertz CT molecular complexity index is 890. The number of hydrogen-bond donors (Lipinski definition) is 1. The van der Waals surface area contributed by atoms with E-state index in [1.807, 2.05) is 37.3 Å². The minimum absolute atomic E-state index is 0.0699. The Morgan fingerprint density at radius 2 is 1.82 bits per heavy atom. The van der Waals surface area contributed by atoms with E-state index in [0.29, 0.717) is 13.0 Å². The maximum Gasteiger partial charge on any atom is 0.245 e. The lowest BCUT2D eigenvalue weighted by Crippen LogP contribution is -2.42. The average molecular weight is 443 g/mol. The number of amides is 1. The summed E-state index contributed by atoms with van der Waals surface area (Å²) in [5.74, 6) is -0.344. The van der Waals surface area contributed by atoms with Crippen LogP contribution in [0.15, 0.2) is 53.4 Å². The number of benzene rings is 2. The Morgan fingerprint density at radius 3 is 2.50 bits per heavy atom. The van der Waals surface area contributed by atoms with E-state index in [2.05, 4.69) is 5.32 Å². The molecule has 2 rings (SSSR count). The SMILES string of the molecule is CCCCNC(=O)CN(CCc1ccccc1)S(=O)(=O)c1cc(Cl)ccc1Cl. The molecule has 0 heterocycles. The number of hydrogen-bond acceptors (Lipinski definition) is 3. The third-order valence-corrected chi connectivity index (χ3v) is 6.74. The summed E-state index contributed by atoms with van der Waals surface area (Å²) in [6, 6.07) is 13.8. The molecule has 0 aliphatic carbocycles. The van der Waals surface area contributed by atoms with E-state index in [1.165, 1.54) is 18.2 Å². The van der Waals surface area contributed by atoms with Crippen molar-refractivity contribution < 1.29 is 13.2 Å². The first-order valence-electron chi connectivity index (χ1n) is 9.10. The first kappa shape index (κ1) is 22.7. The quantitative estimate of drug-likeness (QED) is 0.562. The van der Waals surface area contributed by atoms with Gasteiger partial charge < -0.3 is 5.32 Å². The molecule has 152 valence electrons. The smallest absolute Gasteiger partial charge is 0.245 e. The summed E-state index contributed by atoms with van der Waals surface area (Å²) < 4.78 is 27.5. The van der Waals surface area contributed by atoms with Crippen molar-refractivity contribution in [3.63, 3.8) is 0 Å². The van der Waals surface area contributed by atoms with Gasteiger partial charge in [0.2, 0.25) is 15.9 Å². The van der Waals surface area contributed by atoms with E-state index in [1.54, 1.807) is 0 Å². The number of carbonyl (C=O) groups excluding carboxylic acids is 1. The summed E-state index contributed by atoms with van der Waals surface area (Å²) in [4.78, 5) is 12.2. The molecule has 0 bridgehead atoms. The molecule has 0 aromatic heterocycles. The van der Waals surface area contributed by atoms with Crippen LogP contribution < -0.4 is 5.32 Å². The summed E-state index contributed by atoms with van der Waals surface area (Å²) in [6.45, 7) is 2.40. The van der Waals surface area contributed by atoms with Crippen LogP contribution in [0.4, 0.5) is 0 Å². The first-order valence-corrected chi connectivity index (χ1v) is 11.3. The molecule has 2 aromatic carbocycles. The molecule has 28 heavy (non-hydrogen) atoms. The highest BCUT2D eigenvalue weighted by molar-refractivity contribution is 7.89. The summed E-state index contributed by atoms with van der Waals surface area (Å²) >= 11 is 12.1. The topological polar surface area (TPSA) is 66.5 Å². The van der Waals surface area contributed by atoms with Crippen LogP contribution in [-0.4, -0.2) is 38.3 Å². The molecular formula is C20H24Cl2N2O3S. The number of carbonyl (C=O) groups is 1. The second-order valence-corrected chi connectivity index (χ2v) is 9.10. The van der Waals surface area contributed by atoms with Crippen LogP contribution in [0.25, 0.3) is 0 Å². The lowest BCUT2D eigenvalue weighted by Gasteiger charge is -2.22.